The smallest absolute Gasteiger partial charge is 0.308 e. The highest BCUT2D eigenvalue weighted by atomic mass is 16.6. The third kappa shape index (κ3) is 5.15. The third-order valence-electron chi connectivity index (χ3n) is 5.96. The second-order valence-electron chi connectivity index (χ2n) is 8.95. The number of aromatic nitrogens is 2. The number of methoxy groups -OCH3 is 1. The SMILES string of the molecule is COc1cc(C)c(-c2nc3ccccc3c(=O)n2N=Cc2cc([N+](=O)[O-])ccc2OC(C)=O)cc1C(C)C. The molecule has 1 aromatic heterocycles. The van der Waals surface area contributed by atoms with Crippen LogP contribution in [0.2, 0.25) is 0 Å². The number of benzene rings is 3. The van der Waals surface area contributed by atoms with Crippen LogP contribution in [0.5, 0.6) is 11.5 Å². The van der Waals surface area contributed by atoms with Crippen molar-refractivity contribution in [3.63, 3.8) is 0 Å². The lowest BCUT2D eigenvalue weighted by molar-refractivity contribution is -0.384. The number of fused-ring (bicyclic) bond motifs is 1. The summed E-state index contributed by atoms with van der Waals surface area (Å²) >= 11 is 0. The molecule has 0 fully saturated rings. The van der Waals surface area contributed by atoms with Gasteiger partial charge in [-0.05, 0) is 54.3 Å². The van der Waals surface area contributed by atoms with Gasteiger partial charge in [-0.25, -0.2) is 4.98 Å². The molecule has 0 unspecified atom stereocenters. The van der Waals surface area contributed by atoms with Gasteiger partial charge in [0.1, 0.15) is 11.5 Å². The number of ether oxygens (including phenoxy) is 2. The molecule has 0 saturated heterocycles. The van der Waals surface area contributed by atoms with Crippen LogP contribution in [0, 0.1) is 17.0 Å². The Hall–Kier alpha value is -4.86. The van der Waals surface area contributed by atoms with Crippen LogP contribution in [0.1, 0.15) is 43.4 Å². The van der Waals surface area contributed by atoms with Gasteiger partial charge in [0.25, 0.3) is 11.2 Å². The number of nitro groups is 1. The third-order valence-corrected chi connectivity index (χ3v) is 5.96. The number of non-ortho nitro benzene ring substituents is 1. The topological polar surface area (TPSA) is 126 Å². The molecular weight excluding hydrogens is 488 g/mol. The van der Waals surface area contributed by atoms with Crippen molar-refractivity contribution >= 4 is 28.8 Å². The first-order chi connectivity index (χ1) is 18.1. The second kappa shape index (κ2) is 10.6. The van der Waals surface area contributed by atoms with E-state index >= 15 is 0 Å². The number of nitro benzene ring substituents is 1. The normalized spacial score (nSPS) is 11.3. The Morgan fingerprint density at radius 1 is 1.13 bits per heavy atom. The highest BCUT2D eigenvalue weighted by Crippen LogP contribution is 2.34. The molecule has 0 radical (unpaired) electrons. The van der Waals surface area contributed by atoms with E-state index in [0.717, 1.165) is 21.6 Å². The first-order valence-electron chi connectivity index (χ1n) is 11.8. The lowest BCUT2D eigenvalue weighted by Gasteiger charge is -2.17. The zero-order valence-electron chi connectivity index (χ0n) is 21.6. The molecule has 0 aliphatic carbocycles. The van der Waals surface area contributed by atoms with Crippen LogP contribution in [0.15, 0.2) is 64.5 Å². The van der Waals surface area contributed by atoms with E-state index in [2.05, 4.69) is 5.10 Å². The van der Waals surface area contributed by atoms with Gasteiger partial charge in [0.2, 0.25) is 0 Å². The Kier molecular flexibility index (Phi) is 7.33. The molecular formula is C28H26N4O6. The molecule has 4 aromatic rings. The predicted octanol–water partition coefficient (Wildman–Crippen LogP) is 5.22. The fourth-order valence-corrected chi connectivity index (χ4v) is 4.09. The van der Waals surface area contributed by atoms with Gasteiger partial charge in [-0.15, -0.1) is 0 Å². The van der Waals surface area contributed by atoms with E-state index in [1.165, 1.54) is 31.3 Å². The van der Waals surface area contributed by atoms with Crippen molar-refractivity contribution in [2.75, 3.05) is 7.11 Å². The average Bonchev–Trinajstić information content (AvgIpc) is 2.88. The van der Waals surface area contributed by atoms with Crippen LogP contribution in [0.25, 0.3) is 22.3 Å². The molecule has 1 heterocycles. The molecule has 0 saturated carbocycles. The van der Waals surface area contributed by atoms with E-state index in [0.29, 0.717) is 16.5 Å². The molecule has 3 aromatic carbocycles. The number of aryl methyl sites for hydroxylation is 1. The molecule has 0 N–H and O–H groups in total. The fourth-order valence-electron chi connectivity index (χ4n) is 4.09. The molecule has 0 aliphatic heterocycles. The maximum atomic E-state index is 13.6. The van der Waals surface area contributed by atoms with E-state index in [1.807, 2.05) is 32.9 Å². The van der Waals surface area contributed by atoms with E-state index in [9.17, 15) is 19.7 Å². The van der Waals surface area contributed by atoms with Crippen LogP contribution >= 0.6 is 0 Å². The standard InChI is InChI=1S/C28H26N4O6/c1-16(2)22-14-23(17(3)12-26(22)37-5)27-30-24-9-7-6-8-21(24)28(34)31(27)29-15-19-13-20(32(35)36)10-11-25(19)38-18(4)33/h6-16H,1-5H3. The molecule has 0 bridgehead atoms. The van der Waals surface area contributed by atoms with Crippen LogP contribution < -0.4 is 15.0 Å². The first-order valence-corrected chi connectivity index (χ1v) is 11.8. The summed E-state index contributed by atoms with van der Waals surface area (Å²) in [4.78, 5) is 40.8. The number of carbonyl (C=O) groups is 1. The van der Waals surface area contributed by atoms with Gasteiger partial charge in [-0.3, -0.25) is 19.7 Å². The Labute approximate surface area is 218 Å². The van der Waals surface area contributed by atoms with Crippen molar-refractivity contribution in [2.45, 2.75) is 33.6 Å². The zero-order valence-corrected chi connectivity index (χ0v) is 21.6. The Balaban J connectivity index is 1.99. The molecule has 0 amide bonds. The van der Waals surface area contributed by atoms with Crippen molar-refractivity contribution < 1.29 is 19.2 Å². The van der Waals surface area contributed by atoms with Crippen molar-refractivity contribution in [3.8, 4) is 22.9 Å². The summed E-state index contributed by atoms with van der Waals surface area (Å²) in [5.74, 6) is 0.602. The summed E-state index contributed by atoms with van der Waals surface area (Å²) in [6.45, 7) is 7.18. The van der Waals surface area contributed by atoms with Crippen molar-refractivity contribution in [1.82, 2.24) is 9.66 Å². The Morgan fingerprint density at radius 2 is 1.87 bits per heavy atom. The summed E-state index contributed by atoms with van der Waals surface area (Å²) in [6, 6.07) is 14.5. The van der Waals surface area contributed by atoms with Crippen molar-refractivity contribution in [1.29, 1.82) is 0 Å². The number of hydrogen-bond acceptors (Lipinski definition) is 8. The molecule has 0 spiro atoms. The Morgan fingerprint density at radius 3 is 2.53 bits per heavy atom. The highest BCUT2D eigenvalue weighted by molar-refractivity contribution is 5.87. The minimum absolute atomic E-state index is 0.0675. The van der Waals surface area contributed by atoms with Gasteiger partial charge >= 0.3 is 5.97 Å². The van der Waals surface area contributed by atoms with Crippen molar-refractivity contribution in [2.24, 2.45) is 5.10 Å². The molecule has 0 aliphatic rings. The number of hydrogen-bond donors (Lipinski definition) is 0. The second-order valence-corrected chi connectivity index (χ2v) is 8.95. The van der Waals surface area contributed by atoms with Crippen LogP contribution in [0.4, 0.5) is 5.69 Å². The molecule has 0 atom stereocenters. The summed E-state index contributed by atoms with van der Waals surface area (Å²) < 4.78 is 11.9. The number of para-hydroxylation sites is 1. The quantitative estimate of drug-likeness (QED) is 0.109. The highest BCUT2D eigenvalue weighted by Gasteiger charge is 2.19. The van der Waals surface area contributed by atoms with Gasteiger partial charge in [-0.1, -0.05) is 26.0 Å². The number of esters is 1. The molecule has 10 heteroatoms. The maximum absolute atomic E-state index is 13.6. The van der Waals surface area contributed by atoms with Crippen molar-refractivity contribution in [3.05, 3.63) is 91.8 Å². The predicted molar refractivity (Wildman–Crippen MR) is 144 cm³/mol. The summed E-state index contributed by atoms with van der Waals surface area (Å²) in [7, 11) is 1.61. The minimum atomic E-state index is -0.603. The van der Waals surface area contributed by atoms with E-state index < -0.39 is 16.5 Å². The number of nitrogens with zero attached hydrogens (tertiary/aromatic N) is 4. The van der Waals surface area contributed by atoms with Gasteiger partial charge in [0.15, 0.2) is 5.82 Å². The number of rotatable bonds is 7. The molecule has 38 heavy (non-hydrogen) atoms. The summed E-state index contributed by atoms with van der Waals surface area (Å²) in [6.07, 6.45) is 1.24. The van der Waals surface area contributed by atoms with Crippen LogP contribution in [-0.2, 0) is 4.79 Å². The minimum Gasteiger partial charge on any atom is -0.496 e. The maximum Gasteiger partial charge on any atom is 0.308 e. The van der Waals surface area contributed by atoms with E-state index in [4.69, 9.17) is 14.5 Å². The zero-order chi connectivity index (χ0) is 27.6. The summed E-state index contributed by atoms with van der Waals surface area (Å²) in [5.41, 5.74) is 2.41. The fraction of sp³-hybridized carbons (Fsp3) is 0.214. The largest absolute Gasteiger partial charge is 0.496 e. The molecule has 194 valence electrons. The summed E-state index contributed by atoms with van der Waals surface area (Å²) in [5, 5.41) is 16.1. The average molecular weight is 515 g/mol. The monoisotopic (exact) mass is 514 g/mol. The Bertz CT molecular complexity index is 1660. The lowest BCUT2D eigenvalue weighted by atomic mass is 9.96. The van der Waals surface area contributed by atoms with E-state index in [-0.39, 0.29) is 28.7 Å². The lowest BCUT2D eigenvalue weighted by Crippen LogP contribution is -2.21. The van der Waals surface area contributed by atoms with Crippen LogP contribution in [-0.4, -0.2) is 33.9 Å². The number of carbonyl (C=O) groups excluding carboxylic acids is 1. The van der Waals surface area contributed by atoms with Gasteiger partial charge in [0, 0.05) is 30.2 Å². The van der Waals surface area contributed by atoms with Gasteiger partial charge in [-0.2, -0.15) is 9.78 Å². The van der Waals surface area contributed by atoms with Gasteiger partial charge in [0.05, 0.1) is 29.2 Å². The van der Waals surface area contributed by atoms with Crippen LogP contribution in [0.3, 0.4) is 0 Å². The van der Waals surface area contributed by atoms with Gasteiger partial charge < -0.3 is 9.47 Å². The first kappa shape index (κ1) is 26.2. The molecule has 4 rings (SSSR count). The molecule has 10 nitrogen and oxygen atoms in total. The van der Waals surface area contributed by atoms with E-state index in [1.54, 1.807) is 31.4 Å².